The number of benzene rings is 1. The van der Waals surface area contributed by atoms with Gasteiger partial charge in [-0.2, -0.15) is 12.6 Å². The lowest BCUT2D eigenvalue weighted by molar-refractivity contribution is 0.0173. The van der Waals surface area contributed by atoms with Crippen LogP contribution in [0.15, 0.2) is 18.2 Å². The molecule has 0 amide bonds. The van der Waals surface area contributed by atoms with Gasteiger partial charge in [0, 0.05) is 15.6 Å². The van der Waals surface area contributed by atoms with E-state index in [1.165, 1.54) is 6.07 Å². The molecule has 1 aromatic rings. The first kappa shape index (κ1) is 13.1. The topological polar surface area (TPSA) is 40.5 Å². The van der Waals surface area contributed by atoms with E-state index in [9.17, 15) is 10.2 Å². The molecule has 0 bridgehead atoms. The zero-order chi connectivity index (χ0) is 11.4. The van der Waals surface area contributed by atoms with E-state index in [2.05, 4.69) is 12.6 Å². The second kappa shape index (κ2) is 5.97. The van der Waals surface area contributed by atoms with Crippen molar-refractivity contribution >= 4 is 35.8 Å². The van der Waals surface area contributed by atoms with Crippen molar-refractivity contribution in [2.45, 2.75) is 18.6 Å². The maximum atomic E-state index is 9.78. The van der Waals surface area contributed by atoms with Crippen molar-refractivity contribution in [1.82, 2.24) is 0 Å². The van der Waals surface area contributed by atoms with Crippen LogP contribution in [0.2, 0.25) is 10.0 Å². The van der Waals surface area contributed by atoms with Crippen LogP contribution in [0.1, 0.15) is 18.1 Å². The van der Waals surface area contributed by atoms with Gasteiger partial charge in [-0.05, 0) is 24.3 Å². The van der Waals surface area contributed by atoms with E-state index in [1.807, 2.05) is 0 Å². The number of aliphatic hydroxyl groups excluding tert-OH is 2. The largest absolute Gasteiger partial charge is 0.390 e. The molecule has 0 fully saturated rings. The van der Waals surface area contributed by atoms with Gasteiger partial charge in [0.25, 0.3) is 0 Å². The van der Waals surface area contributed by atoms with Crippen LogP contribution in [0.5, 0.6) is 0 Å². The first-order valence-electron chi connectivity index (χ1n) is 4.48. The molecule has 2 atom stereocenters. The molecule has 1 rings (SSSR count). The van der Waals surface area contributed by atoms with E-state index in [0.29, 0.717) is 27.8 Å². The van der Waals surface area contributed by atoms with Gasteiger partial charge in [0.1, 0.15) is 6.10 Å². The third-order valence-corrected chi connectivity index (χ3v) is 2.89. The number of hydrogen-bond acceptors (Lipinski definition) is 3. The summed E-state index contributed by atoms with van der Waals surface area (Å²) in [5, 5.41) is 20.2. The Morgan fingerprint density at radius 3 is 2.47 bits per heavy atom. The Hall–Kier alpha value is 0.0700. The van der Waals surface area contributed by atoms with E-state index in [0.717, 1.165) is 0 Å². The number of hydrogen-bond donors (Lipinski definition) is 3. The maximum absolute atomic E-state index is 9.78. The number of aliphatic hydroxyl groups is 2. The molecule has 2 N–H and O–H groups in total. The van der Waals surface area contributed by atoms with Crippen LogP contribution in [0.25, 0.3) is 0 Å². The lowest BCUT2D eigenvalue weighted by Crippen LogP contribution is -2.18. The summed E-state index contributed by atoms with van der Waals surface area (Å²) in [5.74, 6) is 0.503. The maximum Gasteiger partial charge on any atom is 0.106 e. The molecule has 0 heterocycles. The highest BCUT2D eigenvalue weighted by Crippen LogP contribution is 2.28. The van der Waals surface area contributed by atoms with E-state index >= 15 is 0 Å². The van der Waals surface area contributed by atoms with Gasteiger partial charge in [0.15, 0.2) is 0 Å². The highest BCUT2D eigenvalue weighted by molar-refractivity contribution is 7.80. The Bertz CT molecular complexity index is 333. The van der Waals surface area contributed by atoms with Crippen molar-refractivity contribution in [1.29, 1.82) is 0 Å². The number of halogens is 2. The summed E-state index contributed by atoms with van der Waals surface area (Å²) in [6, 6.07) is 4.77. The Balaban J connectivity index is 2.86. The van der Waals surface area contributed by atoms with Crippen molar-refractivity contribution in [3.05, 3.63) is 33.8 Å². The molecule has 0 radical (unpaired) electrons. The lowest BCUT2D eigenvalue weighted by atomic mass is 10.0. The fourth-order valence-corrected chi connectivity index (χ4v) is 2.02. The molecular formula is C10H12Cl2O2S. The van der Waals surface area contributed by atoms with Crippen LogP contribution in [-0.4, -0.2) is 22.1 Å². The highest BCUT2D eigenvalue weighted by atomic mass is 35.5. The molecule has 0 aliphatic carbocycles. The lowest BCUT2D eigenvalue weighted by Gasteiger charge is -2.18. The van der Waals surface area contributed by atoms with Gasteiger partial charge in [0.05, 0.1) is 6.10 Å². The average molecular weight is 267 g/mol. The summed E-state index contributed by atoms with van der Waals surface area (Å²) < 4.78 is 0. The fraction of sp³-hybridized carbons (Fsp3) is 0.400. The summed E-state index contributed by atoms with van der Waals surface area (Å²) in [6.45, 7) is 0. The molecule has 0 saturated carbocycles. The molecule has 0 aromatic heterocycles. The molecule has 0 spiro atoms. The second-order valence-electron chi connectivity index (χ2n) is 3.19. The van der Waals surface area contributed by atoms with E-state index in [-0.39, 0.29) is 0 Å². The van der Waals surface area contributed by atoms with Gasteiger partial charge in [0.2, 0.25) is 0 Å². The van der Waals surface area contributed by atoms with Crippen molar-refractivity contribution < 1.29 is 10.2 Å². The second-order valence-corrected chi connectivity index (χ2v) is 4.48. The van der Waals surface area contributed by atoms with Gasteiger partial charge in [-0.25, -0.2) is 0 Å². The van der Waals surface area contributed by atoms with Crippen LogP contribution < -0.4 is 0 Å². The van der Waals surface area contributed by atoms with Gasteiger partial charge in [-0.1, -0.05) is 29.3 Å². The Morgan fingerprint density at radius 2 is 1.93 bits per heavy atom. The van der Waals surface area contributed by atoms with E-state index in [1.54, 1.807) is 12.1 Å². The van der Waals surface area contributed by atoms with Crippen LogP contribution >= 0.6 is 35.8 Å². The first-order chi connectivity index (χ1) is 7.06. The van der Waals surface area contributed by atoms with Crippen molar-refractivity contribution in [2.75, 3.05) is 5.75 Å². The predicted octanol–water partition coefficient (Wildman–Crippen LogP) is 2.71. The minimum absolute atomic E-state index is 0.355. The van der Waals surface area contributed by atoms with Crippen molar-refractivity contribution in [3.63, 3.8) is 0 Å². The zero-order valence-corrected chi connectivity index (χ0v) is 10.3. The zero-order valence-electron chi connectivity index (χ0n) is 7.90. The van der Waals surface area contributed by atoms with Gasteiger partial charge in [-0.3, -0.25) is 0 Å². The predicted molar refractivity (Wildman–Crippen MR) is 65.9 cm³/mol. The number of rotatable bonds is 4. The normalized spacial score (nSPS) is 15.0. The summed E-state index contributed by atoms with van der Waals surface area (Å²) in [7, 11) is 0. The molecule has 2 nitrogen and oxygen atoms in total. The number of thiol groups is 1. The Kier molecular flexibility index (Phi) is 5.23. The minimum Gasteiger partial charge on any atom is -0.390 e. The van der Waals surface area contributed by atoms with Crippen LogP contribution in [-0.2, 0) is 0 Å². The van der Waals surface area contributed by atoms with Crippen LogP contribution in [0.4, 0.5) is 0 Å². The van der Waals surface area contributed by atoms with E-state index < -0.39 is 12.2 Å². The molecule has 1 aromatic carbocycles. The molecule has 5 heteroatoms. The molecular weight excluding hydrogens is 255 g/mol. The van der Waals surface area contributed by atoms with Crippen molar-refractivity contribution in [2.24, 2.45) is 0 Å². The molecule has 0 saturated heterocycles. The SMILES string of the molecule is OC(CCS)C(O)c1ccc(Cl)cc1Cl. The smallest absolute Gasteiger partial charge is 0.106 e. The summed E-state index contributed by atoms with van der Waals surface area (Å²) >= 11 is 15.6. The molecule has 0 aliphatic rings. The molecule has 0 aliphatic heterocycles. The van der Waals surface area contributed by atoms with Gasteiger partial charge < -0.3 is 10.2 Å². The first-order valence-corrected chi connectivity index (χ1v) is 5.87. The Labute approximate surface area is 104 Å². The fourth-order valence-electron chi connectivity index (χ4n) is 1.24. The van der Waals surface area contributed by atoms with Crippen molar-refractivity contribution in [3.8, 4) is 0 Å². The summed E-state index contributed by atoms with van der Waals surface area (Å²) in [4.78, 5) is 0. The molecule has 84 valence electrons. The monoisotopic (exact) mass is 266 g/mol. The summed E-state index contributed by atoms with van der Waals surface area (Å²) in [5.41, 5.74) is 0.482. The van der Waals surface area contributed by atoms with Crippen LogP contribution in [0, 0.1) is 0 Å². The molecule has 2 unspecified atom stereocenters. The third-order valence-electron chi connectivity index (χ3n) is 2.07. The third kappa shape index (κ3) is 3.54. The minimum atomic E-state index is -0.998. The van der Waals surface area contributed by atoms with Crippen LogP contribution in [0.3, 0.4) is 0 Å². The van der Waals surface area contributed by atoms with Gasteiger partial charge >= 0.3 is 0 Å². The highest BCUT2D eigenvalue weighted by Gasteiger charge is 2.19. The Morgan fingerprint density at radius 1 is 1.27 bits per heavy atom. The average Bonchev–Trinajstić information content (AvgIpc) is 2.17. The van der Waals surface area contributed by atoms with E-state index in [4.69, 9.17) is 23.2 Å². The molecule has 15 heavy (non-hydrogen) atoms. The quantitative estimate of drug-likeness (QED) is 0.734. The standard InChI is InChI=1S/C10H12Cl2O2S/c11-6-1-2-7(8(12)5-6)10(14)9(13)3-4-15/h1-2,5,9-10,13-15H,3-4H2. The van der Waals surface area contributed by atoms with Gasteiger partial charge in [-0.15, -0.1) is 0 Å². The summed E-state index contributed by atoms with van der Waals surface area (Å²) in [6.07, 6.45) is -1.45.